The van der Waals surface area contributed by atoms with Gasteiger partial charge >= 0.3 is 0 Å². The Morgan fingerprint density at radius 3 is 2.80 bits per heavy atom. The van der Waals surface area contributed by atoms with Crippen LogP contribution >= 0.6 is 0 Å². The quantitative estimate of drug-likeness (QED) is 0.812. The number of fused-ring (bicyclic) bond motifs is 1. The molecule has 1 aromatic rings. The Labute approximate surface area is 89.9 Å². The Hall–Kier alpha value is -1.35. The number of nitrogens with two attached hydrogens (primary N) is 1. The fourth-order valence-electron chi connectivity index (χ4n) is 2.20. The fraction of sp³-hybridized carbons (Fsp3) is 0.417. The highest BCUT2D eigenvalue weighted by Gasteiger charge is 2.34. The van der Waals surface area contributed by atoms with Crippen molar-refractivity contribution in [3.8, 4) is 0 Å². The number of hydrogen-bond acceptors (Lipinski definition) is 2. The summed E-state index contributed by atoms with van der Waals surface area (Å²) in [6.45, 7) is 3.36. The molecule has 1 atom stereocenters. The van der Waals surface area contributed by atoms with Crippen molar-refractivity contribution in [1.29, 1.82) is 0 Å². The third-order valence-corrected chi connectivity index (χ3v) is 2.88. The number of carbonyl (C=O) groups excluding carboxylic acids is 1. The van der Waals surface area contributed by atoms with Crippen LogP contribution in [0.1, 0.15) is 35.3 Å². The summed E-state index contributed by atoms with van der Waals surface area (Å²) in [5.74, 6) is 0.128. The van der Waals surface area contributed by atoms with E-state index in [1.807, 2.05) is 29.2 Å². The molecule has 15 heavy (non-hydrogen) atoms. The van der Waals surface area contributed by atoms with Gasteiger partial charge in [-0.2, -0.15) is 0 Å². The summed E-state index contributed by atoms with van der Waals surface area (Å²) in [7, 11) is 0. The molecule has 80 valence electrons. The summed E-state index contributed by atoms with van der Waals surface area (Å²) >= 11 is 0. The Balaban J connectivity index is 2.39. The molecular weight excluding hydrogens is 188 g/mol. The smallest absolute Gasteiger partial charge is 0.254 e. The fourth-order valence-corrected chi connectivity index (χ4v) is 2.20. The van der Waals surface area contributed by atoms with Gasteiger partial charge in [0.25, 0.3) is 5.91 Å². The van der Waals surface area contributed by atoms with E-state index in [9.17, 15) is 4.79 Å². The van der Waals surface area contributed by atoms with Crippen molar-refractivity contribution in [2.45, 2.75) is 19.4 Å². The maximum Gasteiger partial charge on any atom is 0.254 e. The molecule has 0 unspecified atom stereocenters. The lowest BCUT2D eigenvalue weighted by Crippen LogP contribution is -2.32. The zero-order valence-electron chi connectivity index (χ0n) is 8.94. The summed E-state index contributed by atoms with van der Waals surface area (Å²) < 4.78 is 0. The highest BCUT2D eigenvalue weighted by molar-refractivity contribution is 5.99. The average molecular weight is 204 g/mol. The van der Waals surface area contributed by atoms with Gasteiger partial charge < -0.3 is 10.6 Å². The van der Waals surface area contributed by atoms with Gasteiger partial charge in [0.05, 0.1) is 6.04 Å². The van der Waals surface area contributed by atoms with Crippen LogP contribution in [0.4, 0.5) is 0 Å². The molecular formula is C12H16N2O. The van der Waals surface area contributed by atoms with Crippen molar-refractivity contribution < 1.29 is 4.79 Å². The second-order valence-electron chi connectivity index (χ2n) is 3.84. The van der Waals surface area contributed by atoms with Crippen LogP contribution in [-0.4, -0.2) is 23.9 Å². The van der Waals surface area contributed by atoms with E-state index < -0.39 is 0 Å². The first-order chi connectivity index (χ1) is 7.29. The molecule has 1 aliphatic heterocycles. The number of nitrogens with zero attached hydrogens (tertiary/aromatic N) is 1. The predicted molar refractivity (Wildman–Crippen MR) is 59.6 cm³/mol. The summed E-state index contributed by atoms with van der Waals surface area (Å²) in [5, 5.41) is 0. The minimum Gasteiger partial charge on any atom is -0.330 e. The molecule has 0 saturated heterocycles. The van der Waals surface area contributed by atoms with Crippen LogP contribution in [0.3, 0.4) is 0 Å². The second-order valence-corrected chi connectivity index (χ2v) is 3.84. The minimum atomic E-state index is 0.0775. The van der Waals surface area contributed by atoms with Gasteiger partial charge in [0, 0.05) is 18.7 Å². The highest BCUT2D eigenvalue weighted by atomic mass is 16.2. The van der Waals surface area contributed by atoms with E-state index in [1.165, 1.54) is 0 Å². The van der Waals surface area contributed by atoms with Crippen molar-refractivity contribution in [3.63, 3.8) is 0 Å². The predicted octanol–water partition coefficient (Wildman–Crippen LogP) is 1.55. The lowest BCUT2D eigenvalue weighted by molar-refractivity contribution is 0.0730. The van der Waals surface area contributed by atoms with Crippen molar-refractivity contribution in [2.75, 3.05) is 13.1 Å². The Morgan fingerprint density at radius 2 is 2.13 bits per heavy atom. The van der Waals surface area contributed by atoms with Crippen LogP contribution in [-0.2, 0) is 0 Å². The van der Waals surface area contributed by atoms with Gasteiger partial charge in [-0.15, -0.1) is 0 Å². The van der Waals surface area contributed by atoms with Gasteiger partial charge in [-0.05, 0) is 18.1 Å². The van der Waals surface area contributed by atoms with E-state index >= 15 is 0 Å². The van der Waals surface area contributed by atoms with Crippen molar-refractivity contribution in [1.82, 2.24) is 4.90 Å². The number of rotatable bonds is 3. The van der Waals surface area contributed by atoms with Gasteiger partial charge in [0.2, 0.25) is 0 Å². The van der Waals surface area contributed by atoms with Gasteiger partial charge in [0.1, 0.15) is 0 Å². The summed E-state index contributed by atoms with van der Waals surface area (Å²) in [6.07, 6.45) is 0.968. The van der Waals surface area contributed by atoms with Crippen molar-refractivity contribution >= 4 is 5.91 Å². The molecule has 0 bridgehead atoms. The lowest BCUT2D eigenvalue weighted by Gasteiger charge is -2.23. The maximum absolute atomic E-state index is 12.0. The molecule has 1 heterocycles. The molecule has 0 aliphatic carbocycles. The third kappa shape index (κ3) is 1.53. The van der Waals surface area contributed by atoms with E-state index in [0.29, 0.717) is 6.54 Å². The largest absolute Gasteiger partial charge is 0.330 e. The van der Waals surface area contributed by atoms with Crippen LogP contribution in [0.2, 0.25) is 0 Å². The molecule has 0 radical (unpaired) electrons. The van der Waals surface area contributed by atoms with E-state index in [4.69, 9.17) is 5.73 Å². The second kappa shape index (κ2) is 4.03. The van der Waals surface area contributed by atoms with E-state index in [1.54, 1.807) is 0 Å². The monoisotopic (exact) mass is 204 g/mol. The summed E-state index contributed by atoms with van der Waals surface area (Å²) in [4.78, 5) is 13.9. The molecule has 3 heteroatoms. The molecule has 0 saturated carbocycles. The SMILES string of the molecule is CCCN1C(=O)c2ccccc2[C@@H]1CN. The number of carbonyl (C=O) groups is 1. The minimum absolute atomic E-state index is 0.0775. The van der Waals surface area contributed by atoms with Crippen molar-refractivity contribution in [2.24, 2.45) is 5.73 Å². The van der Waals surface area contributed by atoms with Crippen LogP contribution in [0.15, 0.2) is 24.3 Å². The van der Waals surface area contributed by atoms with Crippen LogP contribution in [0.25, 0.3) is 0 Å². The number of benzene rings is 1. The average Bonchev–Trinajstić information content (AvgIpc) is 2.54. The first kappa shape index (κ1) is 10.2. The van der Waals surface area contributed by atoms with Gasteiger partial charge in [-0.25, -0.2) is 0 Å². The zero-order chi connectivity index (χ0) is 10.8. The van der Waals surface area contributed by atoms with Gasteiger partial charge in [-0.3, -0.25) is 4.79 Å². The maximum atomic E-state index is 12.0. The van der Waals surface area contributed by atoms with E-state index in [0.717, 1.165) is 24.1 Å². The lowest BCUT2D eigenvalue weighted by atomic mass is 10.1. The van der Waals surface area contributed by atoms with E-state index in [-0.39, 0.29) is 11.9 Å². The third-order valence-electron chi connectivity index (χ3n) is 2.88. The molecule has 1 amide bonds. The molecule has 0 fully saturated rings. The topological polar surface area (TPSA) is 46.3 Å². The highest BCUT2D eigenvalue weighted by Crippen LogP contribution is 2.32. The molecule has 0 spiro atoms. The van der Waals surface area contributed by atoms with Crippen LogP contribution in [0.5, 0.6) is 0 Å². The van der Waals surface area contributed by atoms with Crippen LogP contribution < -0.4 is 5.73 Å². The first-order valence-electron chi connectivity index (χ1n) is 5.39. The normalized spacial score (nSPS) is 19.5. The summed E-state index contributed by atoms with van der Waals surface area (Å²) in [5.41, 5.74) is 7.64. The first-order valence-corrected chi connectivity index (χ1v) is 5.39. The molecule has 3 nitrogen and oxygen atoms in total. The Bertz CT molecular complexity index is 376. The number of hydrogen-bond donors (Lipinski definition) is 1. The van der Waals surface area contributed by atoms with Gasteiger partial charge in [0.15, 0.2) is 0 Å². The zero-order valence-corrected chi connectivity index (χ0v) is 8.94. The van der Waals surface area contributed by atoms with Gasteiger partial charge in [-0.1, -0.05) is 25.1 Å². The molecule has 2 rings (SSSR count). The number of amides is 1. The van der Waals surface area contributed by atoms with Crippen LogP contribution in [0, 0.1) is 0 Å². The van der Waals surface area contributed by atoms with E-state index in [2.05, 4.69) is 6.92 Å². The Morgan fingerprint density at radius 1 is 1.40 bits per heavy atom. The molecule has 2 N–H and O–H groups in total. The summed E-state index contributed by atoms with van der Waals surface area (Å²) in [6, 6.07) is 7.83. The molecule has 1 aromatic carbocycles. The molecule has 0 aromatic heterocycles. The standard InChI is InChI=1S/C12H16N2O/c1-2-7-14-11(8-13)9-5-3-4-6-10(9)12(14)15/h3-6,11H,2,7-8,13H2,1H3/t11-/m0/s1. The van der Waals surface area contributed by atoms with Crippen molar-refractivity contribution in [3.05, 3.63) is 35.4 Å². The Kier molecular flexibility index (Phi) is 2.73. The molecule has 1 aliphatic rings.